The van der Waals surface area contributed by atoms with E-state index in [1.165, 1.54) is 19.2 Å². The van der Waals surface area contributed by atoms with Gasteiger partial charge in [0, 0.05) is 7.05 Å². The fourth-order valence-corrected chi connectivity index (χ4v) is 4.19. The van der Waals surface area contributed by atoms with Crippen LogP contribution >= 0.6 is 0 Å². The van der Waals surface area contributed by atoms with Crippen LogP contribution in [0.15, 0.2) is 83.8 Å². The van der Waals surface area contributed by atoms with Crippen LogP contribution in [0.2, 0.25) is 0 Å². The molecular formula is C23H24N2O4S. The fourth-order valence-electron chi connectivity index (χ4n) is 2.96. The topological polar surface area (TPSA) is 75.7 Å². The normalized spacial score (nSPS) is 11.0. The molecule has 0 aliphatic heterocycles. The van der Waals surface area contributed by atoms with Gasteiger partial charge in [0.1, 0.15) is 12.4 Å². The van der Waals surface area contributed by atoms with E-state index >= 15 is 0 Å². The number of para-hydroxylation sites is 2. The second-order valence-corrected chi connectivity index (χ2v) is 8.64. The highest BCUT2D eigenvalue weighted by Gasteiger charge is 2.24. The Morgan fingerprint density at radius 1 is 0.933 bits per heavy atom. The maximum Gasteiger partial charge on any atom is 0.264 e. The van der Waals surface area contributed by atoms with Crippen LogP contribution < -0.4 is 14.4 Å². The van der Waals surface area contributed by atoms with Gasteiger partial charge in [-0.2, -0.15) is 0 Å². The van der Waals surface area contributed by atoms with Crippen molar-refractivity contribution in [3.63, 3.8) is 0 Å². The molecule has 6 nitrogen and oxygen atoms in total. The maximum absolute atomic E-state index is 12.9. The predicted octanol–water partition coefficient (Wildman–Crippen LogP) is 3.63. The van der Waals surface area contributed by atoms with Crippen molar-refractivity contribution in [1.29, 1.82) is 0 Å². The zero-order valence-electron chi connectivity index (χ0n) is 16.9. The van der Waals surface area contributed by atoms with E-state index < -0.39 is 10.0 Å². The molecular weight excluding hydrogens is 400 g/mol. The smallest absolute Gasteiger partial charge is 0.264 e. The van der Waals surface area contributed by atoms with E-state index in [0.29, 0.717) is 12.3 Å². The Kier molecular flexibility index (Phi) is 6.74. The van der Waals surface area contributed by atoms with Crippen molar-refractivity contribution in [3.05, 3.63) is 90.0 Å². The molecule has 3 aromatic rings. The monoisotopic (exact) mass is 424 g/mol. The van der Waals surface area contributed by atoms with Gasteiger partial charge in [-0.05, 0) is 42.8 Å². The molecule has 1 amide bonds. The molecule has 156 valence electrons. The Morgan fingerprint density at radius 3 is 2.30 bits per heavy atom. The Bertz CT molecular complexity index is 1110. The summed E-state index contributed by atoms with van der Waals surface area (Å²) in [4.78, 5) is 12.9. The van der Waals surface area contributed by atoms with Crippen LogP contribution in [0.1, 0.15) is 15.9 Å². The number of aryl methyl sites for hydroxylation is 1. The van der Waals surface area contributed by atoms with Gasteiger partial charge in [-0.1, -0.05) is 48.5 Å². The van der Waals surface area contributed by atoms with Gasteiger partial charge in [0.25, 0.3) is 15.9 Å². The van der Waals surface area contributed by atoms with E-state index in [-0.39, 0.29) is 22.9 Å². The number of anilines is 1. The third-order valence-electron chi connectivity index (χ3n) is 4.63. The van der Waals surface area contributed by atoms with E-state index in [1.807, 2.05) is 31.2 Å². The lowest BCUT2D eigenvalue weighted by Gasteiger charge is -2.22. The van der Waals surface area contributed by atoms with E-state index in [4.69, 9.17) is 4.74 Å². The summed E-state index contributed by atoms with van der Waals surface area (Å²) in [6.07, 6.45) is 0. The number of hydrogen-bond acceptors (Lipinski definition) is 4. The fraction of sp³-hybridized carbons (Fsp3) is 0.174. The zero-order chi connectivity index (χ0) is 21.6. The van der Waals surface area contributed by atoms with E-state index in [9.17, 15) is 13.2 Å². The molecule has 0 fully saturated rings. The number of rotatable bonds is 8. The molecule has 0 atom stereocenters. The van der Waals surface area contributed by atoms with Gasteiger partial charge < -0.3 is 10.1 Å². The molecule has 1 N–H and O–H groups in total. The van der Waals surface area contributed by atoms with Crippen molar-refractivity contribution in [2.24, 2.45) is 0 Å². The second kappa shape index (κ2) is 9.45. The molecule has 30 heavy (non-hydrogen) atoms. The summed E-state index contributed by atoms with van der Waals surface area (Å²) < 4.78 is 32.7. The summed E-state index contributed by atoms with van der Waals surface area (Å²) in [6.45, 7) is 2.54. The highest BCUT2D eigenvalue weighted by atomic mass is 32.2. The van der Waals surface area contributed by atoms with E-state index in [1.54, 1.807) is 42.5 Å². The zero-order valence-corrected chi connectivity index (χ0v) is 17.7. The third-order valence-corrected chi connectivity index (χ3v) is 6.41. The molecule has 0 radical (unpaired) electrons. The number of nitrogens with zero attached hydrogens (tertiary/aromatic N) is 1. The Hall–Kier alpha value is -3.32. The number of nitrogens with one attached hydrogen (secondary N) is 1. The quantitative estimate of drug-likeness (QED) is 0.561. The van der Waals surface area contributed by atoms with Crippen molar-refractivity contribution in [3.8, 4) is 5.75 Å². The summed E-state index contributed by atoms with van der Waals surface area (Å²) >= 11 is 0. The Balaban J connectivity index is 1.70. The summed E-state index contributed by atoms with van der Waals surface area (Å²) in [5, 5.41) is 2.79. The minimum absolute atomic E-state index is 0.161. The number of amides is 1. The average Bonchev–Trinajstić information content (AvgIpc) is 2.77. The first-order chi connectivity index (χ1) is 14.4. The summed E-state index contributed by atoms with van der Waals surface area (Å²) in [5.74, 6) is 0.398. The van der Waals surface area contributed by atoms with Gasteiger partial charge >= 0.3 is 0 Å². The first kappa shape index (κ1) is 21.4. The van der Waals surface area contributed by atoms with Crippen LogP contribution in [-0.4, -0.2) is 34.5 Å². The van der Waals surface area contributed by atoms with Crippen molar-refractivity contribution in [2.75, 3.05) is 24.5 Å². The molecule has 0 aliphatic carbocycles. The molecule has 0 bridgehead atoms. The van der Waals surface area contributed by atoms with Crippen LogP contribution in [0.5, 0.6) is 5.75 Å². The maximum atomic E-state index is 12.9. The molecule has 0 aliphatic rings. The first-order valence-corrected chi connectivity index (χ1v) is 10.9. The number of carbonyl (C=O) groups is 1. The van der Waals surface area contributed by atoms with Crippen LogP contribution in [0.3, 0.4) is 0 Å². The molecule has 0 spiro atoms. The van der Waals surface area contributed by atoms with Crippen molar-refractivity contribution >= 4 is 21.6 Å². The van der Waals surface area contributed by atoms with Crippen LogP contribution in [-0.2, 0) is 10.0 Å². The minimum atomic E-state index is -3.79. The third kappa shape index (κ3) is 4.80. The van der Waals surface area contributed by atoms with Gasteiger partial charge in [0.2, 0.25) is 0 Å². The largest absolute Gasteiger partial charge is 0.491 e. The highest BCUT2D eigenvalue weighted by Crippen LogP contribution is 2.25. The molecule has 0 unspecified atom stereocenters. The number of ether oxygens (including phenoxy) is 1. The van der Waals surface area contributed by atoms with E-state index in [0.717, 1.165) is 15.6 Å². The Labute approximate surface area is 177 Å². The summed E-state index contributed by atoms with van der Waals surface area (Å²) in [5.41, 5.74) is 1.59. The molecule has 7 heteroatoms. The van der Waals surface area contributed by atoms with Gasteiger partial charge in [-0.15, -0.1) is 0 Å². The molecule has 0 heterocycles. The second-order valence-electron chi connectivity index (χ2n) is 6.67. The van der Waals surface area contributed by atoms with E-state index in [2.05, 4.69) is 5.32 Å². The van der Waals surface area contributed by atoms with Crippen molar-refractivity contribution in [2.45, 2.75) is 11.8 Å². The highest BCUT2D eigenvalue weighted by molar-refractivity contribution is 7.92. The lowest BCUT2D eigenvalue weighted by molar-refractivity contribution is 0.0947. The minimum Gasteiger partial charge on any atom is -0.491 e. The Morgan fingerprint density at radius 2 is 1.57 bits per heavy atom. The SMILES string of the molecule is Cc1ccccc1OCCNC(=O)c1ccccc1N(C)S(=O)(=O)c1ccccc1. The standard InChI is InChI=1S/C23H24N2O4S/c1-18-10-6-9-15-22(18)29-17-16-24-23(26)20-13-7-8-14-21(20)25(2)30(27,28)19-11-4-3-5-12-19/h3-15H,16-17H2,1-2H3,(H,24,26). The number of hydrogen-bond donors (Lipinski definition) is 1. The van der Waals surface area contributed by atoms with Crippen molar-refractivity contribution < 1.29 is 17.9 Å². The predicted molar refractivity (Wildman–Crippen MR) is 117 cm³/mol. The van der Waals surface area contributed by atoms with Gasteiger partial charge in [-0.3, -0.25) is 9.10 Å². The molecule has 0 saturated heterocycles. The molecule has 0 saturated carbocycles. The van der Waals surface area contributed by atoms with Gasteiger partial charge in [-0.25, -0.2) is 8.42 Å². The van der Waals surface area contributed by atoms with Gasteiger partial charge in [0.15, 0.2) is 0 Å². The first-order valence-electron chi connectivity index (χ1n) is 9.51. The van der Waals surface area contributed by atoms with Crippen LogP contribution in [0, 0.1) is 6.92 Å². The van der Waals surface area contributed by atoms with Gasteiger partial charge in [0.05, 0.1) is 22.7 Å². The molecule has 3 aromatic carbocycles. The molecule has 0 aromatic heterocycles. The lowest BCUT2D eigenvalue weighted by Crippen LogP contribution is -2.32. The van der Waals surface area contributed by atoms with Crippen LogP contribution in [0.25, 0.3) is 0 Å². The molecule has 3 rings (SSSR count). The average molecular weight is 425 g/mol. The number of sulfonamides is 1. The summed E-state index contributed by atoms with van der Waals surface area (Å²) in [6, 6.07) is 22.4. The van der Waals surface area contributed by atoms with Crippen molar-refractivity contribution in [1.82, 2.24) is 5.32 Å². The lowest BCUT2D eigenvalue weighted by atomic mass is 10.1. The van der Waals surface area contributed by atoms with Crippen LogP contribution in [0.4, 0.5) is 5.69 Å². The number of benzene rings is 3. The number of carbonyl (C=O) groups excluding carboxylic acids is 1. The summed E-state index contributed by atoms with van der Waals surface area (Å²) in [7, 11) is -2.35.